The summed E-state index contributed by atoms with van der Waals surface area (Å²) in [6.07, 6.45) is 7.29. The van der Waals surface area contributed by atoms with Crippen LogP contribution in [0.3, 0.4) is 0 Å². The second-order valence-corrected chi connectivity index (χ2v) is 6.32. The molecule has 2 aromatic heterocycles. The zero-order valence-corrected chi connectivity index (χ0v) is 14.6. The van der Waals surface area contributed by atoms with E-state index in [1.807, 2.05) is 49.1 Å². The lowest BCUT2D eigenvalue weighted by Crippen LogP contribution is -2.17. The van der Waals surface area contributed by atoms with Crippen molar-refractivity contribution in [1.82, 2.24) is 19.3 Å². The molecule has 0 aliphatic rings. The van der Waals surface area contributed by atoms with E-state index in [2.05, 4.69) is 15.4 Å². The van der Waals surface area contributed by atoms with Gasteiger partial charge in [-0.05, 0) is 38.3 Å². The molecule has 0 unspecified atom stereocenters. The van der Waals surface area contributed by atoms with Crippen molar-refractivity contribution in [2.24, 2.45) is 0 Å². The molecule has 0 saturated carbocycles. The largest absolute Gasteiger partial charge is 0.307 e. The molecule has 0 saturated heterocycles. The Morgan fingerprint density at radius 2 is 2.08 bits per heavy atom. The van der Waals surface area contributed by atoms with E-state index in [1.54, 1.807) is 41.0 Å². The van der Waals surface area contributed by atoms with E-state index in [0.717, 1.165) is 10.8 Å². The number of rotatable bonds is 5. The molecule has 0 spiro atoms. The highest BCUT2D eigenvalue weighted by atomic mass is 32.2. The predicted octanol–water partition coefficient (Wildman–Crippen LogP) is 3.62. The molecule has 6 nitrogen and oxygen atoms in total. The minimum Gasteiger partial charge on any atom is -0.307 e. The highest BCUT2D eigenvalue weighted by Crippen LogP contribution is 2.20. The molecule has 0 atom stereocenters. The molecule has 24 heavy (non-hydrogen) atoms. The summed E-state index contributed by atoms with van der Waals surface area (Å²) in [6.45, 7) is 4.04. The number of imidazole rings is 1. The van der Waals surface area contributed by atoms with Gasteiger partial charge in [-0.25, -0.2) is 9.67 Å². The summed E-state index contributed by atoms with van der Waals surface area (Å²) in [5.41, 5.74) is 1.49. The van der Waals surface area contributed by atoms with Crippen molar-refractivity contribution in [1.29, 1.82) is 0 Å². The van der Waals surface area contributed by atoms with Gasteiger partial charge in [-0.1, -0.05) is 17.8 Å². The Bertz CT molecular complexity index is 852. The van der Waals surface area contributed by atoms with Gasteiger partial charge in [0, 0.05) is 35.8 Å². The Morgan fingerprint density at radius 3 is 2.83 bits per heavy atom. The highest BCUT2D eigenvalue weighted by molar-refractivity contribution is 7.98. The van der Waals surface area contributed by atoms with Gasteiger partial charge in [0.15, 0.2) is 5.16 Å². The number of hydrogen-bond acceptors (Lipinski definition) is 4. The van der Waals surface area contributed by atoms with E-state index in [1.165, 1.54) is 0 Å². The molecule has 3 rings (SSSR count). The zero-order valence-electron chi connectivity index (χ0n) is 13.8. The second-order valence-electron chi connectivity index (χ2n) is 5.54. The first-order chi connectivity index (χ1) is 11.6. The minimum absolute atomic E-state index is 0.162. The van der Waals surface area contributed by atoms with Crippen LogP contribution in [0, 0.1) is 0 Å². The van der Waals surface area contributed by atoms with Crippen LogP contribution in [-0.4, -0.2) is 31.5 Å². The number of anilines is 1. The number of amides is 1. The van der Waals surface area contributed by atoms with Gasteiger partial charge >= 0.3 is 0 Å². The van der Waals surface area contributed by atoms with Gasteiger partial charge in [0.25, 0.3) is 5.91 Å². The van der Waals surface area contributed by atoms with Crippen LogP contribution < -0.4 is 5.32 Å². The van der Waals surface area contributed by atoms with E-state index in [0.29, 0.717) is 11.4 Å². The Morgan fingerprint density at radius 1 is 1.25 bits per heavy atom. The average molecular weight is 341 g/mol. The van der Waals surface area contributed by atoms with Crippen molar-refractivity contribution in [3.05, 3.63) is 54.5 Å². The number of benzene rings is 1. The van der Waals surface area contributed by atoms with Gasteiger partial charge in [0.05, 0.1) is 6.20 Å². The van der Waals surface area contributed by atoms with Crippen molar-refractivity contribution < 1.29 is 4.79 Å². The summed E-state index contributed by atoms with van der Waals surface area (Å²) in [6, 6.07) is 9.45. The summed E-state index contributed by atoms with van der Waals surface area (Å²) < 4.78 is 3.74. The first-order valence-corrected chi connectivity index (χ1v) is 8.85. The SMILES string of the molecule is CSc1nccn1-c1cccc(C(=O)Nc2ccnn2C(C)C)c1. The molecule has 0 fully saturated rings. The van der Waals surface area contributed by atoms with Crippen molar-refractivity contribution in [2.75, 3.05) is 11.6 Å². The third kappa shape index (κ3) is 3.21. The molecular formula is C17H19N5OS. The molecule has 1 aromatic carbocycles. The van der Waals surface area contributed by atoms with Crippen LogP contribution in [0.15, 0.2) is 54.1 Å². The minimum atomic E-state index is -0.162. The second kappa shape index (κ2) is 6.92. The molecule has 1 amide bonds. The lowest BCUT2D eigenvalue weighted by molar-refractivity contribution is 0.102. The number of nitrogens with one attached hydrogen (secondary N) is 1. The fraction of sp³-hybridized carbons (Fsp3) is 0.235. The Hall–Kier alpha value is -2.54. The first kappa shape index (κ1) is 16.3. The topological polar surface area (TPSA) is 64.7 Å². The standard InChI is InChI=1S/C17H19N5OS/c1-12(2)22-15(7-8-19-22)20-16(23)13-5-4-6-14(11-13)21-10-9-18-17(21)24-3/h4-12H,1-3H3,(H,20,23). The van der Waals surface area contributed by atoms with Gasteiger partial charge in [-0.15, -0.1) is 0 Å². The fourth-order valence-corrected chi connectivity index (χ4v) is 2.98. The van der Waals surface area contributed by atoms with Crippen molar-refractivity contribution in [2.45, 2.75) is 25.0 Å². The van der Waals surface area contributed by atoms with Crippen LogP contribution in [0.25, 0.3) is 5.69 Å². The maximum absolute atomic E-state index is 12.6. The lowest BCUT2D eigenvalue weighted by Gasteiger charge is -2.12. The number of hydrogen-bond donors (Lipinski definition) is 1. The lowest BCUT2D eigenvalue weighted by atomic mass is 10.2. The van der Waals surface area contributed by atoms with Crippen molar-refractivity contribution in [3.8, 4) is 5.69 Å². The van der Waals surface area contributed by atoms with Gasteiger partial charge in [-0.3, -0.25) is 9.36 Å². The molecule has 2 heterocycles. The fourth-order valence-electron chi connectivity index (χ4n) is 2.45. The number of aromatic nitrogens is 4. The number of nitrogens with zero attached hydrogens (tertiary/aromatic N) is 4. The van der Waals surface area contributed by atoms with Crippen molar-refractivity contribution >= 4 is 23.5 Å². The maximum Gasteiger partial charge on any atom is 0.256 e. The monoisotopic (exact) mass is 341 g/mol. The Balaban J connectivity index is 1.86. The summed E-state index contributed by atoms with van der Waals surface area (Å²) in [5.74, 6) is 0.526. The highest BCUT2D eigenvalue weighted by Gasteiger charge is 2.12. The molecule has 0 aliphatic heterocycles. The number of carbonyl (C=O) groups is 1. The van der Waals surface area contributed by atoms with Crippen LogP contribution >= 0.6 is 11.8 Å². The van der Waals surface area contributed by atoms with Crippen LogP contribution in [0.4, 0.5) is 5.82 Å². The maximum atomic E-state index is 12.6. The molecule has 3 aromatic rings. The normalized spacial score (nSPS) is 11.0. The van der Waals surface area contributed by atoms with E-state index in [-0.39, 0.29) is 11.9 Å². The van der Waals surface area contributed by atoms with Crippen LogP contribution in [-0.2, 0) is 0 Å². The van der Waals surface area contributed by atoms with Crippen LogP contribution in [0.2, 0.25) is 0 Å². The molecule has 7 heteroatoms. The zero-order chi connectivity index (χ0) is 17.1. The quantitative estimate of drug-likeness (QED) is 0.720. The van der Waals surface area contributed by atoms with E-state index >= 15 is 0 Å². The molecule has 1 N–H and O–H groups in total. The summed E-state index contributed by atoms with van der Waals surface area (Å²) >= 11 is 1.56. The molecular weight excluding hydrogens is 322 g/mol. The Labute approximate surface area is 144 Å². The third-order valence-corrected chi connectivity index (χ3v) is 4.24. The van der Waals surface area contributed by atoms with Crippen LogP contribution in [0.1, 0.15) is 30.2 Å². The number of thioether (sulfide) groups is 1. The molecule has 0 bridgehead atoms. The van der Waals surface area contributed by atoms with E-state index in [9.17, 15) is 4.79 Å². The Kier molecular flexibility index (Phi) is 4.71. The van der Waals surface area contributed by atoms with E-state index in [4.69, 9.17) is 0 Å². The summed E-state index contributed by atoms with van der Waals surface area (Å²) in [5, 5.41) is 8.03. The number of carbonyl (C=O) groups excluding carboxylic acids is 1. The molecule has 0 radical (unpaired) electrons. The predicted molar refractivity (Wildman–Crippen MR) is 95.9 cm³/mol. The first-order valence-electron chi connectivity index (χ1n) is 7.63. The average Bonchev–Trinajstić information content (AvgIpc) is 3.23. The van der Waals surface area contributed by atoms with Gasteiger partial charge < -0.3 is 5.32 Å². The van der Waals surface area contributed by atoms with Crippen LogP contribution in [0.5, 0.6) is 0 Å². The van der Waals surface area contributed by atoms with Gasteiger partial charge in [-0.2, -0.15) is 5.10 Å². The molecule has 124 valence electrons. The van der Waals surface area contributed by atoms with Crippen molar-refractivity contribution in [3.63, 3.8) is 0 Å². The van der Waals surface area contributed by atoms with E-state index < -0.39 is 0 Å². The summed E-state index contributed by atoms with van der Waals surface area (Å²) in [7, 11) is 0. The van der Waals surface area contributed by atoms with Gasteiger partial charge in [0.2, 0.25) is 0 Å². The smallest absolute Gasteiger partial charge is 0.256 e. The van der Waals surface area contributed by atoms with Gasteiger partial charge in [0.1, 0.15) is 5.82 Å². The summed E-state index contributed by atoms with van der Waals surface area (Å²) in [4.78, 5) is 16.9. The third-order valence-electron chi connectivity index (χ3n) is 3.58. The molecule has 0 aliphatic carbocycles.